The normalized spacial score (nSPS) is 0. The fourth-order valence-electron chi connectivity index (χ4n) is 0. The van der Waals surface area contributed by atoms with Crippen LogP contribution in [0.15, 0.2) is 0 Å². The molecule has 4 heavy (non-hydrogen) atoms. The van der Waals surface area contributed by atoms with E-state index in [-0.39, 0.29) is 71.7 Å². The molecule has 0 heterocycles. The number of hydrogen-bond donors (Lipinski definition) is 0. The Morgan fingerprint density at radius 3 is 1.00 bits per heavy atom. The van der Waals surface area contributed by atoms with Crippen LogP contribution in [0.2, 0.25) is 0 Å². The third-order valence-corrected chi connectivity index (χ3v) is 0. The van der Waals surface area contributed by atoms with Gasteiger partial charge in [-0.1, -0.05) is 0 Å². The average molecular weight is 331 g/mol. The maximum atomic E-state index is 0. The molecule has 0 aliphatic rings. The van der Waals surface area contributed by atoms with E-state index in [1.807, 2.05) is 0 Å². The zero-order chi connectivity index (χ0) is 0. The molecule has 1 radical (unpaired) electrons. The Kier molecular flexibility index (Phi) is 162. The summed E-state index contributed by atoms with van der Waals surface area (Å²) in [5, 5.41) is 0. The Bertz CT molecular complexity index is 8.00. The Balaban J connectivity index is 0. The van der Waals surface area contributed by atoms with Crippen LogP contribution in [0.1, 0.15) is 0 Å². The second kappa shape index (κ2) is 18.9. The van der Waals surface area contributed by atoms with Gasteiger partial charge in [0.15, 0.2) is 17.4 Å². The molecule has 0 fully saturated rings. The van der Waals surface area contributed by atoms with E-state index in [4.69, 9.17) is 0 Å². The van der Waals surface area contributed by atoms with Gasteiger partial charge in [0.2, 0.25) is 0 Å². The fourth-order valence-corrected chi connectivity index (χ4v) is 0. The van der Waals surface area contributed by atoms with Crippen molar-refractivity contribution in [2.45, 2.75) is 0 Å². The molecule has 0 rings (SSSR count). The topological polar surface area (TPSA) is 0 Å². The van der Waals surface area contributed by atoms with E-state index in [1.54, 1.807) is 0 Å². The molecule has 4 heteroatoms. The maximum absolute atomic E-state index is 0. The molecular formula is H3AlCoNiW. The van der Waals surface area contributed by atoms with Crippen LogP contribution < -0.4 is 0 Å². The van der Waals surface area contributed by atoms with Crippen LogP contribution in [0.25, 0.3) is 0 Å². The van der Waals surface area contributed by atoms with Gasteiger partial charge >= 0.3 is 0 Å². The first-order chi connectivity index (χ1) is 0. The van der Waals surface area contributed by atoms with Gasteiger partial charge in [0.05, 0.1) is 0 Å². The summed E-state index contributed by atoms with van der Waals surface area (Å²) in [7, 11) is 0. The Hall–Kier alpha value is 2.22. The molecule has 0 atom stereocenters. The first-order valence-corrected chi connectivity index (χ1v) is 0. The van der Waals surface area contributed by atoms with E-state index >= 15 is 0 Å². The van der Waals surface area contributed by atoms with Crippen molar-refractivity contribution >= 4 is 17.4 Å². The fraction of sp³-hybridized carbons (Fsp3) is 0. The summed E-state index contributed by atoms with van der Waals surface area (Å²) in [6.07, 6.45) is 0. The summed E-state index contributed by atoms with van der Waals surface area (Å²) >= 11 is 0. The van der Waals surface area contributed by atoms with E-state index < -0.39 is 0 Å². The smallest absolute Gasteiger partial charge is 0 e. The van der Waals surface area contributed by atoms with Crippen molar-refractivity contribution in [1.82, 2.24) is 0 Å². The molecule has 0 saturated carbocycles. The van der Waals surface area contributed by atoms with Gasteiger partial charge in [-0.2, -0.15) is 0 Å². The molecule has 0 nitrogen and oxygen atoms in total. The SMILES string of the molecule is [AlH3].[Co].[Ni].[W]. The molecule has 0 aromatic heterocycles. The van der Waals surface area contributed by atoms with Crippen molar-refractivity contribution in [2.24, 2.45) is 0 Å². The van der Waals surface area contributed by atoms with Gasteiger partial charge in [0.25, 0.3) is 0 Å². The second-order valence-corrected chi connectivity index (χ2v) is 0. The molecule has 0 bridgehead atoms. The van der Waals surface area contributed by atoms with Crippen molar-refractivity contribution in [1.29, 1.82) is 0 Å². The molecule has 0 spiro atoms. The molecule has 0 aromatic carbocycles. The van der Waals surface area contributed by atoms with Crippen molar-refractivity contribution in [2.75, 3.05) is 0 Å². The first kappa shape index (κ1) is 34.4. The second-order valence-electron chi connectivity index (χ2n) is 0. The maximum Gasteiger partial charge on any atom is 0.187 e. The molecule has 0 aliphatic carbocycles. The van der Waals surface area contributed by atoms with Crippen LogP contribution in [0, 0.1) is 0 Å². The number of rotatable bonds is 0. The average Bonchev–Trinajstić information content (AvgIpc) is 0. The Labute approximate surface area is 71.0 Å². The zero-order valence-electron chi connectivity index (χ0n) is 1.06. The third kappa shape index (κ3) is 8.88. The van der Waals surface area contributed by atoms with Gasteiger partial charge in [-0.05, 0) is 0 Å². The molecule has 31 valence electrons. The molecule has 0 saturated heterocycles. The van der Waals surface area contributed by atoms with Crippen LogP contribution in [-0.2, 0) is 54.3 Å². The standard InChI is InChI=1S/Al.Co.Ni.W.3H. The minimum atomic E-state index is 0. The summed E-state index contributed by atoms with van der Waals surface area (Å²) in [5.41, 5.74) is 0. The van der Waals surface area contributed by atoms with Crippen molar-refractivity contribution in [3.05, 3.63) is 0 Å². The van der Waals surface area contributed by atoms with Crippen molar-refractivity contribution in [3.8, 4) is 0 Å². The van der Waals surface area contributed by atoms with Gasteiger partial charge in [-0.15, -0.1) is 0 Å². The summed E-state index contributed by atoms with van der Waals surface area (Å²) in [6, 6.07) is 0. The van der Waals surface area contributed by atoms with E-state index in [0.29, 0.717) is 0 Å². The summed E-state index contributed by atoms with van der Waals surface area (Å²) in [6.45, 7) is 0. The monoisotopic (exact) mass is 331 g/mol. The van der Waals surface area contributed by atoms with Gasteiger partial charge in [0.1, 0.15) is 0 Å². The predicted molar refractivity (Wildman–Crippen MR) is 9.94 cm³/mol. The Morgan fingerprint density at radius 1 is 1.00 bits per heavy atom. The molecule has 0 unspecified atom stereocenters. The molecule has 0 aliphatic heterocycles. The molecule has 0 amide bonds. The summed E-state index contributed by atoms with van der Waals surface area (Å²) in [5.74, 6) is 0. The molecule has 0 aromatic rings. The number of hydrogen-bond acceptors (Lipinski definition) is 0. The molecular weight excluding hydrogens is 328 g/mol. The third-order valence-electron chi connectivity index (χ3n) is 0. The van der Waals surface area contributed by atoms with Gasteiger partial charge in [-0.25, -0.2) is 0 Å². The van der Waals surface area contributed by atoms with E-state index in [2.05, 4.69) is 0 Å². The van der Waals surface area contributed by atoms with E-state index in [0.717, 1.165) is 0 Å². The predicted octanol–water partition coefficient (Wildman–Crippen LogP) is -1.19. The summed E-state index contributed by atoms with van der Waals surface area (Å²) < 4.78 is 0. The van der Waals surface area contributed by atoms with Crippen molar-refractivity contribution < 1.29 is 54.3 Å². The zero-order valence-corrected chi connectivity index (χ0v) is 6.02. The minimum absolute atomic E-state index is 0. The largest absolute Gasteiger partial charge is 0.187 e. The summed E-state index contributed by atoms with van der Waals surface area (Å²) in [4.78, 5) is 0. The van der Waals surface area contributed by atoms with Crippen LogP contribution in [0.4, 0.5) is 0 Å². The van der Waals surface area contributed by atoms with Crippen LogP contribution in [-0.4, -0.2) is 17.4 Å². The van der Waals surface area contributed by atoms with Gasteiger partial charge in [0, 0.05) is 54.3 Å². The van der Waals surface area contributed by atoms with E-state index in [9.17, 15) is 0 Å². The van der Waals surface area contributed by atoms with E-state index in [1.165, 1.54) is 0 Å². The molecule has 0 N–H and O–H groups in total. The van der Waals surface area contributed by atoms with Gasteiger partial charge < -0.3 is 0 Å². The van der Waals surface area contributed by atoms with Gasteiger partial charge in [-0.3, -0.25) is 0 Å². The quantitative estimate of drug-likeness (QED) is 0.490. The van der Waals surface area contributed by atoms with Crippen LogP contribution in [0.5, 0.6) is 0 Å². The first-order valence-electron chi connectivity index (χ1n) is 0. The van der Waals surface area contributed by atoms with Crippen LogP contribution >= 0.6 is 0 Å². The van der Waals surface area contributed by atoms with Crippen molar-refractivity contribution in [3.63, 3.8) is 0 Å². The van der Waals surface area contributed by atoms with Crippen LogP contribution in [0.3, 0.4) is 0 Å². The Morgan fingerprint density at radius 2 is 1.00 bits per heavy atom. The minimum Gasteiger partial charge on any atom is 0 e.